The van der Waals surface area contributed by atoms with Gasteiger partial charge in [-0.15, -0.1) is 0 Å². The Morgan fingerprint density at radius 2 is 2.04 bits per heavy atom. The number of furan rings is 1. The third-order valence-corrected chi connectivity index (χ3v) is 5.38. The molecule has 0 N–H and O–H groups in total. The highest BCUT2D eigenvalue weighted by Gasteiger charge is 2.40. The van der Waals surface area contributed by atoms with Crippen molar-refractivity contribution >= 4 is 22.7 Å². The molecule has 0 spiro atoms. The minimum atomic E-state index is -0.289. The second-order valence-corrected chi connectivity index (χ2v) is 6.87. The molecule has 4 nitrogen and oxygen atoms in total. The SMILES string of the molecule is O=C(C[C@@H]1C[C@@H]2CC[C@@H]1C2)OCC(=O)c1cc2ccccc2o1. The van der Waals surface area contributed by atoms with Gasteiger partial charge in [0.2, 0.25) is 5.78 Å². The summed E-state index contributed by atoms with van der Waals surface area (Å²) >= 11 is 0. The molecule has 2 bridgehead atoms. The Balaban J connectivity index is 1.31. The predicted molar refractivity (Wildman–Crippen MR) is 85.1 cm³/mol. The summed E-state index contributed by atoms with van der Waals surface area (Å²) < 4.78 is 10.7. The highest BCUT2D eigenvalue weighted by Crippen LogP contribution is 2.49. The van der Waals surface area contributed by atoms with Crippen LogP contribution in [-0.2, 0) is 9.53 Å². The van der Waals surface area contributed by atoms with Gasteiger partial charge in [-0.2, -0.15) is 0 Å². The van der Waals surface area contributed by atoms with E-state index in [0.717, 1.165) is 17.7 Å². The molecule has 2 aliphatic rings. The molecule has 0 amide bonds. The van der Waals surface area contributed by atoms with Crippen molar-refractivity contribution in [3.63, 3.8) is 0 Å². The van der Waals surface area contributed by atoms with E-state index in [4.69, 9.17) is 9.15 Å². The van der Waals surface area contributed by atoms with E-state index < -0.39 is 0 Å². The molecule has 0 unspecified atom stereocenters. The monoisotopic (exact) mass is 312 g/mol. The average Bonchev–Trinajstić information content (AvgIpc) is 3.26. The lowest BCUT2D eigenvalue weighted by atomic mass is 9.86. The summed E-state index contributed by atoms with van der Waals surface area (Å²) in [6.07, 6.45) is 5.45. The average molecular weight is 312 g/mol. The van der Waals surface area contributed by atoms with Crippen molar-refractivity contribution in [3.8, 4) is 0 Å². The van der Waals surface area contributed by atoms with Crippen molar-refractivity contribution in [2.45, 2.75) is 32.1 Å². The van der Waals surface area contributed by atoms with Crippen molar-refractivity contribution in [2.75, 3.05) is 6.61 Å². The summed E-state index contributed by atoms with van der Waals surface area (Å²) in [4.78, 5) is 24.1. The van der Waals surface area contributed by atoms with E-state index in [-0.39, 0.29) is 24.1 Å². The van der Waals surface area contributed by atoms with Gasteiger partial charge in [0.05, 0.1) is 0 Å². The van der Waals surface area contributed by atoms with E-state index in [1.54, 1.807) is 6.07 Å². The van der Waals surface area contributed by atoms with Crippen LogP contribution in [0.1, 0.15) is 42.7 Å². The molecule has 0 aliphatic heterocycles. The number of esters is 1. The predicted octanol–water partition coefficient (Wildman–Crippen LogP) is 3.99. The second-order valence-electron chi connectivity index (χ2n) is 6.87. The number of hydrogen-bond donors (Lipinski definition) is 0. The third kappa shape index (κ3) is 2.90. The minimum absolute atomic E-state index is 0.237. The Labute approximate surface area is 134 Å². The molecule has 1 aromatic heterocycles. The third-order valence-electron chi connectivity index (χ3n) is 5.38. The molecule has 120 valence electrons. The number of para-hydroxylation sites is 1. The van der Waals surface area contributed by atoms with Crippen LogP contribution < -0.4 is 0 Å². The molecule has 2 aliphatic carbocycles. The summed E-state index contributed by atoms with van der Waals surface area (Å²) in [6.45, 7) is -0.237. The number of Topliss-reactive ketones (excluding diaryl/α,β-unsaturated/α-hetero) is 1. The molecule has 0 saturated heterocycles. The first-order chi connectivity index (χ1) is 11.2. The minimum Gasteiger partial charge on any atom is -0.457 e. The Kier molecular flexibility index (Phi) is 3.68. The maximum atomic E-state index is 12.1. The van der Waals surface area contributed by atoms with Crippen molar-refractivity contribution in [1.29, 1.82) is 0 Å². The lowest BCUT2D eigenvalue weighted by Gasteiger charge is -2.20. The number of benzene rings is 1. The van der Waals surface area contributed by atoms with Crippen molar-refractivity contribution < 1.29 is 18.7 Å². The Morgan fingerprint density at radius 1 is 1.17 bits per heavy atom. The van der Waals surface area contributed by atoms with Gasteiger partial charge in [0, 0.05) is 11.8 Å². The van der Waals surface area contributed by atoms with Crippen LogP contribution in [0.5, 0.6) is 0 Å². The lowest BCUT2D eigenvalue weighted by molar-refractivity contribution is -0.144. The van der Waals surface area contributed by atoms with Crippen LogP contribution in [0.15, 0.2) is 34.7 Å². The normalized spacial score (nSPS) is 25.8. The zero-order valence-electron chi connectivity index (χ0n) is 13.0. The van der Waals surface area contributed by atoms with E-state index in [1.165, 1.54) is 19.3 Å². The van der Waals surface area contributed by atoms with Crippen LogP contribution in [0.25, 0.3) is 11.0 Å². The van der Waals surface area contributed by atoms with Gasteiger partial charge in [0.1, 0.15) is 5.58 Å². The van der Waals surface area contributed by atoms with Crippen LogP contribution in [0, 0.1) is 17.8 Å². The topological polar surface area (TPSA) is 56.5 Å². The fourth-order valence-electron chi connectivity index (χ4n) is 4.24. The number of carbonyl (C=O) groups is 2. The van der Waals surface area contributed by atoms with Crippen LogP contribution in [0.4, 0.5) is 0 Å². The molecule has 0 radical (unpaired) electrons. The molecule has 3 atom stereocenters. The molecule has 4 heteroatoms. The molecule has 2 saturated carbocycles. The smallest absolute Gasteiger partial charge is 0.306 e. The highest BCUT2D eigenvalue weighted by molar-refractivity contribution is 5.99. The van der Waals surface area contributed by atoms with Crippen LogP contribution in [0.2, 0.25) is 0 Å². The van der Waals surface area contributed by atoms with Gasteiger partial charge in [-0.1, -0.05) is 24.6 Å². The molecule has 1 heterocycles. The van der Waals surface area contributed by atoms with E-state index in [9.17, 15) is 9.59 Å². The van der Waals surface area contributed by atoms with Gasteiger partial charge in [0.15, 0.2) is 12.4 Å². The number of ether oxygens (including phenoxy) is 1. The highest BCUT2D eigenvalue weighted by atomic mass is 16.5. The second kappa shape index (κ2) is 5.84. The van der Waals surface area contributed by atoms with Crippen LogP contribution >= 0.6 is 0 Å². The Hall–Kier alpha value is -2.10. The van der Waals surface area contributed by atoms with E-state index in [1.807, 2.05) is 24.3 Å². The maximum absolute atomic E-state index is 12.1. The Bertz CT molecular complexity index is 712. The summed E-state index contributed by atoms with van der Waals surface area (Å²) in [5.74, 6) is 1.67. The van der Waals surface area contributed by atoms with E-state index in [2.05, 4.69) is 0 Å². The summed E-state index contributed by atoms with van der Waals surface area (Å²) in [5.41, 5.74) is 0.671. The largest absolute Gasteiger partial charge is 0.457 e. The van der Waals surface area contributed by atoms with E-state index in [0.29, 0.717) is 23.8 Å². The van der Waals surface area contributed by atoms with Crippen LogP contribution in [0.3, 0.4) is 0 Å². The maximum Gasteiger partial charge on any atom is 0.306 e. The van der Waals surface area contributed by atoms with Crippen molar-refractivity contribution in [3.05, 3.63) is 36.1 Å². The van der Waals surface area contributed by atoms with Crippen molar-refractivity contribution in [2.24, 2.45) is 17.8 Å². The zero-order valence-corrected chi connectivity index (χ0v) is 13.0. The number of carbonyl (C=O) groups excluding carboxylic acids is 2. The van der Waals surface area contributed by atoms with Gasteiger partial charge >= 0.3 is 5.97 Å². The van der Waals surface area contributed by atoms with Gasteiger partial charge in [0.25, 0.3) is 0 Å². The first kappa shape index (κ1) is 14.5. The van der Waals surface area contributed by atoms with E-state index >= 15 is 0 Å². The quantitative estimate of drug-likeness (QED) is 0.619. The summed E-state index contributed by atoms with van der Waals surface area (Å²) in [5, 5.41) is 0.879. The van der Waals surface area contributed by atoms with Crippen LogP contribution in [-0.4, -0.2) is 18.4 Å². The van der Waals surface area contributed by atoms with Gasteiger partial charge in [-0.3, -0.25) is 9.59 Å². The molecular formula is C19H20O4. The first-order valence-corrected chi connectivity index (χ1v) is 8.36. The summed E-state index contributed by atoms with van der Waals surface area (Å²) in [6, 6.07) is 9.14. The first-order valence-electron chi connectivity index (χ1n) is 8.36. The van der Waals surface area contributed by atoms with Gasteiger partial charge in [-0.05, 0) is 49.1 Å². The molecule has 2 aromatic rings. The molecule has 4 rings (SSSR count). The number of hydrogen-bond acceptors (Lipinski definition) is 4. The van der Waals surface area contributed by atoms with Gasteiger partial charge < -0.3 is 9.15 Å². The summed E-state index contributed by atoms with van der Waals surface area (Å²) in [7, 11) is 0. The number of fused-ring (bicyclic) bond motifs is 3. The lowest BCUT2D eigenvalue weighted by Crippen LogP contribution is -2.19. The molecule has 2 fully saturated rings. The molecule has 1 aromatic carbocycles. The fourth-order valence-corrected chi connectivity index (χ4v) is 4.24. The molecule has 23 heavy (non-hydrogen) atoms. The Morgan fingerprint density at radius 3 is 2.78 bits per heavy atom. The number of rotatable bonds is 5. The zero-order chi connectivity index (χ0) is 15.8. The fraction of sp³-hybridized carbons (Fsp3) is 0.474. The molecular weight excluding hydrogens is 292 g/mol. The van der Waals surface area contributed by atoms with Gasteiger partial charge in [-0.25, -0.2) is 0 Å². The number of ketones is 1. The standard InChI is InChI=1S/C19H20O4/c20-16(18-9-14-3-1-2-4-17(14)23-18)11-22-19(21)10-15-8-12-5-6-13(15)7-12/h1-4,9,12-13,15H,5-8,10-11H2/t12-,13-,15+/m1/s1. The van der Waals surface area contributed by atoms with Crippen molar-refractivity contribution in [1.82, 2.24) is 0 Å².